The Hall–Kier alpha value is -0.540. The molecule has 0 aliphatic heterocycles. The molecule has 0 spiro atoms. The van der Waals surface area contributed by atoms with Crippen molar-refractivity contribution in [2.24, 2.45) is 0 Å². The van der Waals surface area contributed by atoms with Gasteiger partial charge in [0.1, 0.15) is 12.1 Å². The summed E-state index contributed by atoms with van der Waals surface area (Å²) >= 11 is 1.26. The third-order valence-corrected chi connectivity index (χ3v) is 3.99. The molecule has 0 aliphatic carbocycles. The summed E-state index contributed by atoms with van der Waals surface area (Å²) in [6.07, 6.45) is 0.220. The molecule has 94 valence electrons. The van der Waals surface area contributed by atoms with E-state index in [-0.39, 0.29) is 41.5 Å². The minimum Gasteiger partial charge on any atom is -0.748 e. The van der Waals surface area contributed by atoms with E-state index in [1.165, 1.54) is 11.8 Å². The first-order valence-corrected chi connectivity index (χ1v) is 7.54. The van der Waals surface area contributed by atoms with Crippen LogP contribution in [0.1, 0.15) is 17.5 Å². The fourth-order valence-corrected chi connectivity index (χ4v) is 2.94. The monoisotopic (exact) mass is 304 g/mol. The Morgan fingerprint density at radius 1 is 1.26 bits per heavy atom. The van der Waals surface area contributed by atoms with Gasteiger partial charge in [0.2, 0.25) is 0 Å². The summed E-state index contributed by atoms with van der Waals surface area (Å²) in [5, 5.41) is 17.8. The maximum Gasteiger partial charge on any atom is 1.00 e. The van der Waals surface area contributed by atoms with Crippen LogP contribution in [0.3, 0.4) is 0 Å². The van der Waals surface area contributed by atoms with E-state index in [4.69, 9.17) is 10.5 Å². The van der Waals surface area contributed by atoms with Gasteiger partial charge in [-0.1, -0.05) is 6.07 Å². The van der Waals surface area contributed by atoms with Gasteiger partial charge in [0.25, 0.3) is 0 Å². The molecule has 0 heterocycles. The summed E-state index contributed by atoms with van der Waals surface area (Å²) in [5.74, 6) is -0.00907. The van der Waals surface area contributed by atoms with Gasteiger partial charge in [-0.3, -0.25) is 0 Å². The van der Waals surface area contributed by atoms with Gasteiger partial charge in [0, 0.05) is 10.6 Å². The number of benzene rings is 1. The van der Waals surface area contributed by atoms with Crippen LogP contribution in [0, 0.1) is 22.7 Å². The molecule has 0 N–H and O–H groups in total. The number of rotatable bonds is 5. The summed E-state index contributed by atoms with van der Waals surface area (Å²) in [4.78, 5) is 0.625. The van der Waals surface area contributed by atoms with Gasteiger partial charge in [-0.25, -0.2) is 8.42 Å². The fourth-order valence-electron chi connectivity index (χ4n) is 1.28. The number of thioether (sulfide) groups is 1. The Morgan fingerprint density at radius 3 is 2.47 bits per heavy atom. The van der Waals surface area contributed by atoms with Gasteiger partial charge in [-0.05, 0) is 24.3 Å². The zero-order chi connectivity index (χ0) is 13.6. The second-order valence-corrected chi connectivity index (χ2v) is 6.03. The van der Waals surface area contributed by atoms with Crippen molar-refractivity contribution in [3.8, 4) is 12.1 Å². The molecular formula is C11H9N2NaO3S2. The van der Waals surface area contributed by atoms with Crippen LogP contribution in [0.2, 0.25) is 0 Å². The molecule has 0 saturated heterocycles. The van der Waals surface area contributed by atoms with Crippen LogP contribution in [0.15, 0.2) is 23.1 Å². The van der Waals surface area contributed by atoms with E-state index in [0.717, 1.165) is 0 Å². The molecule has 0 fully saturated rings. The molecule has 0 aliphatic rings. The second kappa shape index (κ2) is 8.60. The molecule has 0 aromatic heterocycles. The molecule has 19 heavy (non-hydrogen) atoms. The second-order valence-electron chi connectivity index (χ2n) is 3.37. The Morgan fingerprint density at radius 2 is 1.95 bits per heavy atom. The van der Waals surface area contributed by atoms with Gasteiger partial charge in [0.05, 0.1) is 21.2 Å². The minimum absolute atomic E-state index is 0. The van der Waals surface area contributed by atoms with E-state index < -0.39 is 15.9 Å². The quantitative estimate of drug-likeness (QED) is 0.283. The van der Waals surface area contributed by atoms with Crippen LogP contribution in [-0.2, 0) is 10.1 Å². The summed E-state index contributed by atoms with van der Waals surface area (Å²) in [5.41, 5.74) is 0.578. The standard InChI is InChI=1S/C11H10N2O3S2.Na/c12-7-9-3-1-4-11(10(9)8-13)17-5-2-6-18(14,15)16;/h1,3-4H,2,5-6H2,(H,14,15,16);/q;+1/p-1. The van der Waals surface area contributed by atoms with Crippen LogP contribution in [0.4, 0.5) is 0 Å². The average molecular weight is 304 g/mol. The Bertz CT molecular complexity index is 618. The number of hydrogen-bond donors (Lipinski definition) is 0. The van der Waals surface area contributed by atoms with Crippen LogP contribution < -0.4 is 29.6 Å². The third-order valence-electron chi connectivity index (χ3n) is 2.05. The summed E-state index contributed by atoms with van der Waals surface area (Å²) in [6.45, 7) is 0. The maximum absolute atomic E-state index is 10.4. The molecule has 8 heteroatoms. The Kier molecular flexibility index (Phi) is 8.35. The molecule has 0 radical (unpaired) electrons. The van der Waals surface area contributed by atoms with Crippen molar-refractivity contribution in [1.82, 2.24) is 0 Å². The van der Waals surface area contributed by atoms with Crippen molar-refractivity contribution in [2.45, 2.75) is 11.3 Å². The fraction of sp³-hybridized carbons (Fsp3) is 0.273. The molecule has 0 unspecified atom stereocenters. The van der Waals surface area contributed by atoms with E-state index in [2.05, 4.69) is 0 Å². The predicted molar refractivity (Wildman–Crippen MR) is 65.8 cm³/mol. The summed E-state index contributed by atoms with van der Waals surface area (Å²) in [7, 11) is -4.19. The van der Waals surface area contributed by atoms with Crippen molar-refractivity contribution in [2.75, 3.05) is 11.5 Å². The van der Waals surface area contributed by atoms with E-state index in [1.54, 1.807) is 18.2 Å². The van der Waals surface area contributed by atoms with Gasteiger partial charge >= 0.3 is 29.6 Å². The molecule has 0 amide bonds. The zero-order valence-electron chi connectivity index (χ0n) is 10.3. The molecule has 0 saturated carbocycles. The van der Waals surface area contributed by atoms with Gasteiger partial charge in [-0.2, -0.15) is 10.5 Å². The number of nitriles is 2. The van der Waals surface area contributed by atoms with Gasteiger partial charge < -0.3 is 4.55 Å². The average Bonchev–Trinajstić information content (AvgIpc) is 2.32. The predicted octanol–water partition coefficient (Wildman–Crippen LogP) is -1.54. The third kappa shape index (κ3) is 6.44. The molecular weight excluding hydrogens is 295 g/mol. The van der Waals surface area contributed by atoms with Crippen LogP contribution in [-0.4, -0.2) is 24.5 Å². The molecule has 0 bridgehead atoms. The largest absolute Gasteiger partial charge is 1.00 e. The van der Waals surface area contributed by atoms with Crippen LogP contribution in [0.5, 0.6) is 0 Å². The van der Waals surface area contributed by atoms with Crippen molar-refractivity contribution in [1.29, 1.82) is 10.5 Å². The Balaban J connectivity index is 0.00000324. The molecule has 0 atom stereocenters. The minimum atomic E-state index is -4.19. The molecule has 5 nitrogen and oxygen atoms in total. The SMILES string of the molecule is N#Cc1cccc(SCCCS(=O)(=O)[O-])c1C#N.[Na+]. The first-order chi connectivity index (χ1) is 8.48. The normalized spacial score (nSPS) is 10.1. The van der Waals surface area contributed by atoms with Crippen molar-refractivity contribution >= 4 is 21.9 Å². The van der Waals surface area contributed by atoms with Gasteiger partial charge in [-0.15, -0.1) is 11.8 Å². The van der Waals surface area contributed by atoms with Crippen molar-refractivity contribution < 1.29 is 42.5 Å². The Labute approximate surface area is 138 Å². The topological polar surface area (TPSA) is 105 Å². The molecule has 1 aromatic carbocycles. The van der Waals surface area contributed by atoms with Crippen molar-refractivity contribution in [3.63, 3.8) is 0 Å². The summed E-state index contributed by atoms with van der Waals surface area (Å²) < 4.78 is 31.2. The van der Waals surface area contributed by atoms with E-state index in [1.807, 2.05) is 12.1 Å². The number of nitrogens with zero attached hydrogens (tertiary/aromatic N) is 2. The smallest absolute Gasteiger partial charge is 0.748 e. The molecule has 1 rings (SSSR count). The first kappa shape index (κ1) is 18.5. The van der Waals surface area contributed by atoms with Gasteiger partial charge in [0.15, 0.2) is 0 Å². The van der Waals surface area contributed by atoms with Crippen molar-refractivity contribution in [3.05, 3.63) is 29.3 Å². The number of hydrogen-bond acceptors (Lipinski definition) is 6. The maximum atomic E-state index is 10.4. The van der Waals surface area contributed by atoms with E-state index >= 15 is 0 Å². The zero-order valence-corrected chi connectivity index (χ0v) is 13.9. The van der Waals surface area contributed by atoms with E-state index in [0.29, 0.717) is 16.2 Å². The van der Waals surface area contributed by atoms with Crippen LogP contribution in [0.25, 0.3) is 0 Å². The summed E-state index contributed by atoms with van der Waals surface area (Å²) in [6, 6.07) is 8.76. The van der Waals surface area contributed by atoms with E-state index in [9.17, 15) is 13.0 Å². The molecule has 1 aromatic rings. The van der Waals surface area contributed by atoms with Crippen LogP contribution >= 0.6 is 11.8 Å². The first-order valence-electron chi connectivity index (χ1n) is 4.97.